The number of rotatable bonds is 6. The van der Waals surface area contributed by atoms with Crippen LogP contribution in [0, 0.1) is 0 Å². The van der Waals surface area contributed by atoms with Crippen LogP contribution in [-0.2, 0) is 5.75 Å². The Hall–Kier alpha value is -1.93. The molecule has 0 amide bonds. The predicted molar refractivity (Wildman–Crippen MR) is 88.0 cm³/mol. The third kappa shape index (κ3) is 3.83. The van der Waals surface area contributed by atoms with Crippen LogP contribution in [0.2, 0.25) is 0 Å². The van der Waals surface area contributed by atoms with Gasteiger partial charge in [0.15, 0.2) is 4.34 Å². The molecule has 6 nitrogen and oxygen atoms in total. The minimum absolute atomic E-state index is 0.343. The summed E-state index contributed by atoms with van der Waals surface area (Å²) in [5.41, 5.74) is 0.922. The molecule has 0 aliphatic carbocycles. The van der Waals surface area contributed by atoms with E-state index < -0.39 is 0 Å². The summed E-state index contributed by atoms with van der Waals surface area (Å²) in [4.78, 5) is 0. The van der Waals surface area contributed by atoms with Crippen molar-refractivity contribution in [3.8, 4) is 11.5 Å². The molecule has 0 aliphatic rings. The average molecular weight is 333 g/mol. The predicted octanol–water partition coefficient (Wildman–Crippen LogP) is 3.70. The molecule has 3 rings (SSSR count). The minimum Gasteiger partial charge on any atom is -0.420 e. The molecule has 0 bridgehead atoms. The Morgan fingerprint density at radius 3 is 2.73 bits per heavy atom. The van der Waals surface area contributed by atoms with Crippen LogP contribution in [-0.4, -0.2) is 26.4 Å². The second-order valence-electron chi connectivity index (χ2n) is 4.83. The molecule has 2 heterocycles. The topological polar surface area (TPSA) is 76.7 Å². The van der Waals surface area contributed by atoms with Crippen molar-refractivity contribution >= 4 is 28.2 Å². The van der Waals surface area contributed by atoms with Crippen molar-refractivity contribution in [2.24, 2.45) is 0 Å². The van der Waals surface area contributed by atoms with Crippen LogP contribution in [0.15, 0.2) is 39.1 Å². The maximum atomic E-state index is 5.66. The summed E-state index contributed by atoms with van der Waals surface area (Å²) in [6.45, 7) is 4.13. The molecule has 0 saturated heterocycles. The highest BCUT2D eigenvalue weighted by Gasteiger charge is 2.11. The smallest absolute Gasteiger partial charge is 0.247 e. The summed E-state index contributed by atoms with van der Waals surface area (Å²) in [5, 5.41) is 20.4. The zero-order valence-electron chi connectivity index (χ0n) is 12.2. The number of anilines is 1. The molecule has 8 heteroatoms. The zero-order valence-corrected chi connectivity index (χ0v) is 13.8. The van der Waals surface area contributed by atoms with Crippen LogP contribution >= 0.6 is 23.1 Å². The van der Waals surface area contributed by atoms with Gasteiger partial charge in [-0.15, -0.1) is 20.4 Å². The molecule has 22 heavy (non-hydrogen) atoms. The maximum Gasteiger partial charge on any atom is 0.247 e. The fraction of sp³-hybridized carbons (Fsp3) is 0.286. The first kappa shape index (κ1) is 15.0. The summed E-state index contributed by atoms with van der Waals surface area (Å²) >= 11 is 3.06. The van der Waals surface area contributed by atoms with E-state index in [-0.39, 0.29) is 0 Å². The van der Waals surface area contributed by atoms with Gasteiger partial charge in [0.1, 0.15) is 0 Å². The van der Waals surface area contributed by atoms with E-state index in [4.69, 9.17) is 4.42 Å². The third-order valence-corrected chi connectivity index (χ3v) is 4.60. The van der Waals surface area contributed by atoms with Gasteiger partial charge in [0, 0.05) is 11.6 Å². The first-order valence-electron chi connectivity index (χ1n) is 6.81. The number of benzene rings is 1. The van der Waals surface area contributed by atoms with Crippen LogP contribution < -0.4 is 5.32 Å². The summed E-state index contributed by atoms with van der Waals surface area (Å²) in [7, 11) is 0. The van der Waals surface area contributed by atoms with Gasteiger partial charge < -0.3 is 9.73 Å². The highest BCUT2D eigenvalue weighted by molar-refractivity contribution is 8.00. The minimum atomic E-state index is 0.343. The molecule has 0 radical (unpaired) electrons. The van der Waals surface area contributed by atoms with Gasteiger partial charge in [-0.1, -0.05) is 41.3 Å². The van der Waals surface area contributed by atoms with E-state index in [2.05, 4.69) is 39.6 Å². The van der Waals surface area contributed by atoms with Crippen LogP contribution in [0.4, 0.5) is 5.13 Å². The lowest BCUT2D eigenvalue weighted by Crippen LogP contribution is -2.08. The lowest BCUT2D eigenvalue weighted by Gasteiger charge is -2.02. The van der Waals surface area contributed by atoms with Crippen molar-refractivity contribution in [1.29, 1.82) is 0 Å². The fourth-order valence-corrected chi connectivity index (χ4v) is 3.44. The first-order chi connectivity index (χ1) is 10.7. The molecular formula is C14H15N5OS2. The molecule has 0 atom stereocenters. The van der Waals surface area contributed by atoms with Crippen molar-refractivity contribution in [2.75, 3.05) is 5.32 Å². The molecule has 3 aromatic rings. The Bertz CT molecular complexity index is 726. The van der Waals surface area contributed by atoms with Crippen LogP contribution in [0.25, 0.3) is 11.5 Å². The molecule has 114 valence electrons. The van der Waals surface area contributed by atoms with E-state index in [1.807, 2.05) is 30.3 Å². The molecule has 0 saturated carbocycles. The highest BCUT2D eigenvalue weighted by atomic mass is 32.2. The Morgan fingerprint density at radius 1 is 1.14 bits per heavy atom. The molecule has 0 unspecified atom stereocenters. The Balaban J connectivity index is 1.60. The van der Waals surface area contributed by atoms with E-state index in [1.165, 1.54) is 23.1 Å². The van der Waals surface area contributed by atoms with E-state index in [9.17, 15) is 0 Å². The lowest BCUT2D eigenvalue weighted by atomic mass is 10.2. The number of nitrogens with one attached hydrogen (secondary N) is 1. The average Bonchev–Trinajstić information content (AvgIpc) is 3.15. The Morgan fingerprint density at radius 2 is 1.95 bits per heavy atom. The van der Waals surface area contributed by atoms with Gasteiger partial charge in [-0.3, -0.25) is 0 Å². The van der Waals surface area contributed by atoms with E-state index >= 15 is 0 Å². The zero-order chi connectivity index (χ0) is 15.4. The monoisotopic (exact) mass is 333 g/mol. The summed E-state index contributed by atoms with van der Waals surface area (Å²) in [6.07, 6.45) is 0. The van der Waals surface area contributed by atoms with Gasteiger partial charge in [-0.2, -0.15) is 0 Å². The van der Waals surface area contributed by atoms with Crippen molar-refractivity contribution in [2.45, 2.75) is 30.0 Å². The van der Waals surface area contributed by atoms with Gasteiger partial charge in [0.05, 0.1) is 5.75 Å². The molecule has 0 aliphatic heterocycles. The Labute approximate surface area is 136 Å². The maximum absolute atomic E-state index is 5.66. The molecule has 1 aromatic carbocycles. The van der Waals surface area contributed by atoms with Crippen LogP contribution in [0.1, 0.15) is 19.7 Å². The SMILES string of the molecule is CC(C)Nc1nnc(SCc2nnc(-c3ccccc3)o2)s1. The van der Waals surface area contributed by atoms with Gasteiger partial charge in [0.25, 0.3) is 0 Å². The number of thioether (sulfide) groups is 1. The van der Waals surface area contributed by atoms with Crippen molar-refractivity contribution in [1.82, 2.24) is 20.4 Å². The van der Waals surface area contributed by atoms with Gasteiger partial charge in [0.2, 0.25) is 16.9 Å². The van der Waals surface area contributed by atoms with Gasteiger partial charge >= 0.3 is 0 Å². The number of hydrogen-bond donors (Lipinski definition) is 1. The van der Waals surface area contributed by atoms with Crippen LogP contribution in [0.3, 0.4) is 0 Å². The summed E-state index contributed by atoms with van der Waals surface area (Å²) < 4.78 is 6.54. The normalized spacial score (nSPS) is 11.0. The fourth-order valence-electron chi connectivity index (χ4n) is 1.71. The molecule has 2 aromatic heterocycles. The standard InChI is InChI=1S/C14H15N5OS2/c1-9(2)15-13-18-19-14(22-13)21-8-11-16-17-12(20-11)10-6-4-3-5-7-10/h3-7,9H,8H2,1-2H3,(H,15,18). The number of aromatic nitrogens is 4. The van der Waals surface area contributed by atoms with Gasteiger partial charge in [-0.05, 0) is 26.0 Å². The number of nitrogens with zero attached hydrogens (tertiary/aromatic N) is 4. The van der Waals surface area contributed by atoms with Crippen molar-refractivity contribution < 1.29 is 4.42 Å². The quantitative estimate of drug-likeness (QED) is 0.689. The first-order valence-corrected chi connectivity index (χ1v) is 8.61. The van der Waals surface area contributed by atoms with Crippen LogP contribution in [0.5, 0.6) is 0 Å². The molecule has 0 fully saturated rings. The molecule has 1 N–H and O–H groups in total. The highest BCUT2D eigenvalue weighted by Crippen LogP contribution is 2.29. The van der Waals surface area contributed by atoms with E-state index in [1.54, 1.807) is 0 Å². The van der Waals surface area contributed by atoms with E-state index in [0.717, 1.165) is 15.0 Å². The lowest BCUT2D eigenvalue weighted by molar-refractivity contribution is 0.528. The molecule has 0 spiro atoms. The number of hydrogen-bond acceptors (Lipinski definition) is 8. The second kappa shape index (κ2) is 6.89. The van der Waals surface area contributed by atoms with Gasteiger partial charge in [-0.25, -0.2) is 0 Å². The molecular weight excluding hydrogens is 318 g/mol. The summed E-state index contributed by atoms with van der Waals surface area (Å²) in [5.74, 6) is 1.70. The Kier molecular flexibility index (Phi) is 4.69. The second-order valence-corrected chi connectivity index (χ2v) is 7.03. The van der Waals surface area contributed by atoms with Crippen molar-refractivity contribution in [3.05, 3.63) is 36.2 Å². The summed E-state index contributed by atoms with van der Waals surface area (Å²) in [6, 6.07) is 10.1. The van der Waals surface area contributed by atoms with E-state index in [0.29, 0.717) is 23.6 Å². The largest absolute Gasteiger partial charge is 0.420 e. The third-order valence-electron chi connectivity index (χ3n) is 2.63. The van der Waals surface area contributed by atoms with Crippen molar-refractivity contribution in [3.63, 3.8) is 0 Å².